The van der Waals surface area contributed by atoms with Gasteiger partial charge in [0.15, 0.2) is 0 Å². The summed E-state index contributed by atoms with van der Waals surface area (Å²) in [5.74, 6) is 0.148. The molecular weight excluding hydrogens is 290 g/mol. The minimum Gasteiger partial charge on any atom is -0.348 e. The van der Waals surface area contributed by atoms with E-state index in [2.05, 4.69) is 4.90 Å². The maximum Gasteiger partial charge on any atom is 0.246 e. The van der Waals surface area contributed by atoms with E-state index in [-0.39, 0.29) is 11.8 Å². The van der Waals surface area contributed by atoms with Crippen molar-refractivity contribution in [1.82, 2.24) is 14.7 Å². The molecule has 0 radical (unpaired) electrons. The molecule has 0 bridgehead atoms. The third-order valence-corrected chi connectivity index (χ3v) is 4.11. The van der Waals surface area contributed by atoms with Crippen molar-refractivity contribution in [2.45, 2.75) is 6.92 Å². The summed E-state index contributed by atoms with van der Waals surface area (Å²) in [4.78, 5) is 29.6. The van der Waals surface area contributed by atoms with Crippen molar-refractivity contribution in [2.24, 2.45) is 0 Å². The van der Waals surface area contributed by atoms with Crippen molar-refractivity contribution < 1.29 is 9.59 Å². The van der Waals surface area contributed by atoms with E-state index < -0.39 is 0 Å². The van der Waals surface area contributed by atoms with Gasteiger partial charge in [0.1, 0.15) is 0 Å². The van der Waals surface area contributed by atoms with Crippen molar-refractivity contribution in [3.63, 3.8) is 0 Å². The maximum absolute atomic E-state index is 12.4. The molecular formula is C18H25N3O2. The van der Waals surface area contributed by atoms with Crippen molar-refractivity contribution in [1.29, 1.82) is 0 Å². The van der Waals surface area contributed by atoms with E-state index in [9.17, 15) is 9.59 Å². The molecule has 0 aromatic heterocycles. The van der Waals surface area contributed by atoms with Crippen LogP contribution in [-0.4, -0.2) is 73.3 Å². The molecule has 23 heavy (non-hydrogen) atoms. The van der Waals surface area contributed by atoms with E-state index in [1.54, 1.807) is 25.1 Å². The van der Waals surface area contributed by atoms with E-state index in [1.165, 1.54) is 0 Å². The van der Waals surface area contributed by atoms with Crippen LogP contribution in [0.3, 0.4) is 0 Å². The lowest BCUT2D eigenvalue weighted by Crippen LogP contribution is -2.50. The van der Waals surface area contributed by atoms with Gasteiger partial charge in [-0.15, -0.1) is 0 Å². The van der Waals surface area contributed by atoms with Crippen LogP contribution in [0.4, 0.5) is 0 Å². The van der Waals surface area contributed by atoms with E-state index in [0.29, 0.717) is 19.6 Å². The minimum atomic E-state index is 0.0462. The van der Waals surface area contributed by atoms with Crippen LogP contribution in [0, 0.1) is 0 Å². The van der Waals surface area contributed by atoms with Gasteiger partial charge in [0.05, 0.1) is 6.54 Å². The third kappa shape index (κ3) is 4.93. The number of hydrogen-bond acceptors (Lipinski definition) is 3. The molecule has 1 aliphatic heterocycles. The van der Waals surface area contributed by atoms with Gasteiger partial charge < -0.3 is 9.80 Å². The van der Waals surface area contributed by atoms with Gasteiger partial charge in [0.2, 0.25) is 11.8 Å². The average Bonchev–Trinajstić information content (AvgIpc) is 2.56. The van der Waals surface area contributed by atoms with Crippen LogP contribution < -0.4 is 0 Å². The first-order valence-corrected chi connectivity index (χ1v) is 7.92. The number of amides is 2. The molecule has 1 aromatic rings. The zero-order valence-electron chi connectivity index (χ0n) is 14.2. The Kier molecular flexibility index (Phi) is 5.93. The molecule has 5 nitrogen and oxygen atoms in total. The van der Waals surface area contributed by atoms with Gasteiger partial charge in [-0.05, 0) is 18.1 Å². The molecule has 0 unspecified atom stereocenters. The van der Waals surface area contributed by atoms with Crippen molar-refractivity contribution in [2.75, 3.05) is 46.8 Å². The lowest BCUT2D eigenvalue weighted by molar-refractivity contribution is -0.131. The van der Waals surface area contributed by atoms with Gasteiger partial charge in [0.25, 0.3) is 0 Å². The molecule has 0 N–H and O–H groups in total. The van der Waals surface area contributed by atoms with Crippen LogP contribution in [-0.2, 0) is 9.59 Å². The Morgan fingerprint density at radius 1 is 1.09 bits per heavy atom. The molecule has 0 saturated carbocycles. The standard InChI is InChI=1S/C18H25N3O2/c1-15(16-7-5-4-6-8-16)13-17(22)21-11-9-20(10-12-21)14-18(23)19(2)3/h4-8,13H,9-12,14H2,1-3H3. The highest BCUT2D eigenvalue weighted by Gasteiger charge is 2.21. The molecule has 0 spiro atoms. The number of likely N-dealkylation sites (N-methyl/N-ethyl adjacent to an activating group) is 1. The van der Waals surface area contributed by atoms with Crippen LogP contribution in [0.15, 0.2) is 36.4 Å². The van der Waals surface area contributed by atoms with E-state index in [4.69, 9.17) is 0 Å². The van der Waals surface area contributed by atoms with Crippen molar-refractivity contribution >= 4 is 17.4 Å². The predicted molar refractivity (Wildman–Crippen MR) is 91.8 cm³/mol. The fourth-order valence-electron chi connectivity index (χ4n) is 2.52. The first-order valence-electron chi connectivity index (χ1n) is 7.92. The maximum atomic E-state index is 12.4. The van der Waals surface area contributed by atoms with Crippen LogP contribution in [0.1, 0.15) is 12.5 Å². The van der Waals surface area contributed by atoms with Crippen LogP contribution in [0.5, 0.6) is 0 Å². The van der Waals surface area contributed by atoms with Gasteiger partial charge in [-0.3, -0.25) is 14.5 Å². The smallest absolute Gasteiger partial charge is 0.246 e. The number of carbonyl (C=O) groups excluding carboxylic acids is 2. The fourth-order valence-corrected chi connectivity index (χ4v) is 2.52. The normalized spacial score (nSPS) is 16.3. The Bertz CT molecular complexity index is 573. The summed E-state index contributed by atoms with van der Waals surface area (Å²) < 4.78 is 0. The summed E-state index contributed by atoms with van der Waals surface area (Å²) >= 11 is 0. The van der Waals surface area contributed by atoms with Gasteiger partial charge >= 0.3 is 0 Å². The minimum absolute atomic E-state index is 0.0462. The van der Waals surface area contributed by atoms with Crippen molar-refractivity contribution in [3.8, 4) is 0 Å². The SMILES string of the molecule is CC(=CC(=O)N1CCN(CC(=O)N(C)C)CC1)c1ccccc1. The van der Waals surface area contributed by atoms with E-state index >= 15 is 0 Å². The lowest BCUT2D eigenvalue weighted by Gasteiger charge is -2.34. The summed E-state index contributed by atoms with van der Waals surface area (Å²) in [6.45, 7) is 5.19. The predicted octanol–water partition coefficient (Wildman–Crippen LogP) is 1.32. The molecule has 0 atom stereocenters. The summed E-state index contributed by atoms with van der Waals surface area (Å²) in [6.07, 6.45) is 1.70. The molecule has 124 valence electrons. The van der Waals surface area contributed by atoms with E-state index in [1.807, 2.05) is 42.2 Å². The number of allylic oxidation sites excluding steroid dienone is 1. The highest BCUT2D eigenvalue weighted by atomic mass is 16.2. The first kappa shape index (κ1) is 17.2. The first-order chi connectivity index (χ1) is 11.0. The number of hydrogen-bond donors (Lipinski definition) is 0. The van der Waals surface area contributed by atoms with Gasteiger partial charge in [0, 0.05) is 46.4 Å². The Hall–Kier alpha value is -2.14. The largest absolute Gasteiger partial charge is 0.348 e. The number of nitrogens with zero attached hydrogens (tertiary/aromatic N) is 3. The summed E-state index contributed by atoms with van der Waals surface area (Å²) in [7, 11) is 3.53. The van der Waals surface area contributed by atoms with Gasteiger partial charge in [-0.2, -0.15) is 0 Å². The fraction of sp³-hybridized carbons (Fsp3) is 0.444. The zero-order valence-corrected chi connectivity index (χ0v) is 14.2. The van der Waals surface area contributed by atoms with E-state index in [0.717, 1.165) is 24.2 Å². The number of benzene rings is 1. The summed E-state index contributed by atoms with van der Waals surface area (Å²) in [5.41, 5.74) is 2.04. The molecule has 1 saturated heterocycles. The molecule has 5 heteroatoms. The molecule has 2 rings (SSSR count). The summed E-state index contributed by atoms with van der Waals surface area (Å²) in [5, 5.41) is 0. The third-order valence-electron chi connectivity index (χ3n) is 4.11. The van der Waals surface area contributed by atoms with Crippen LogP contribution in [0.25, 0.3) is 5.57 Å². The molecule has 1 aromatic carbocycles. The topological polar surface area (TPSA) is 43.9 Å². The Balaban J connectivity index is 1.87. The molecule has 2 amide bonds. The van der Waals surface area contributed by atoms with Crippen molar-refractivity contribution in [3.05, 3.63) is 42.0 Å². The number of rotatable bonds is 4. The van der Waals surface area contributed by atoms with Crippen LogP contribution in [0.2, 0.25) is 0 Å². The lowest BCUT2D eigenvalue weighted by atomic mass is 10.1. The number of piperazine rings is 1. The Morgan fingerprint density at radius 2 is 1.70 bits per heavy atom. The molecule has 0 aliphatic carbocycles. The highest BCUT2D eigenvalue weighted by molar-refractivity contribution is 5.94. The summed E-state index contributed by atoms with van der Waals surface area (Å²) in [6, 6.07) is 9.91. The molecule has 1 heterocycles. The van der Waals surface area contributed by atoms with Crippen LogP contribution >= 0.6 is 0 Å². The second kappa shape index (κ2) is 7.92. The Labute approximate surface area is 138 Å². The number of carbonyl (C=O) groups is 2. The van der Waals surface area contributed by atoms with Gasteiger partial charge in [-0.1, -0.05) is 30.3 Å². The monoisotopic (exact) mass is 315 g/mol. The average molecular weight is 315 g/mol. The Morgan fingerprint density at radius 3 is 2.26 bits per heavy atom. The van der Waals surface area contributed by atoms with Gasteiger partial charge in [-0.25, -0.2) is 0 Å². The second-order valence-electron chi connectivity index (χ2n) is 6.08. The zero-order chi connectivity index (χ0) is 16.8. The second-order valence-corrected chi connectivity index (χ2v) is 6.08. The molecule has 1 aliphatic rings. The molecule has 1 fully saturated rings. The quantitative estimate of drug-likeness (QED) is 0.787. The highest BCUT2D eigenvalue weighted by Crippen LogP contribution is 2.14.